The van der Waals surface area contributed by atoms with Crippen LogP contribution in [-0.2, 0) is 40.2 Å². The Bertz CT molecular complexity index is 1970. The molecule has 0 amide bonds. The van der Waals surface area contributed by atoms with E-state index in [-0.39, 0.29) is 40.2 Å². The number of aromatic nitrogens is 2. The van der Waals surface area contributed by atoms with Gasteiger partial charge in [0.25, 0.3) is 0 Å². The topological polar surface area (TPSA) is 25.8 Å². The second kappa shape index (κ2) is 15.3. The van der Waals surface area contributed by atoms with Gasteiger partial charge in [-0.1, -0.05) is 72.8 Å². The summed E-state index contributed by atoms with van der Waals surface area (Å²) in [4.78, 5) is 9.63. The van der Waals surface area contributed by atoms with Crippen LogP contribution in [0.15, 0.2) is 134 Å². The van der Waals surface area contributed by atoms with E-state index in [0.29, 0.717) is 0 Å². The van der Waals surface area contributed by atoms with Gasteiger partial charge in [-0.2, -0.15) is 0 Å². The average molecular weight is 975 g/mol. The van der Waals surface area contributed by atoms with Crippen LogP contribution >= 0.6 is 0 Å². The monoisotopic (exact) mass is 976 g/mol. The summed E-state index contributed by atoms with van der Waals surface area (Å²) in [5.74, 6) is 0. The summed E-state index contributed by atoms with van der Waals surface area (Å²) in [5, 5.41) is 0. The fourth-order valence-electron chi connectivity index (χ4n) is 6.56. The molecule has 7 rings (SSSR count). The van der Waals surface area contributed by atoms with Crippen molar-refractivity contribution >= 4 is 0 Å². The minimum atomic E-state index is 0. The molecule has 7 aromatic rings. The minimum absolute atomic E-state index is 0. The second-order valence-electron chi connectivity index (χ2n) is 11.8. The molecule has 0 aliphatic carbocycles. The zero-order valence-corrected chi connectivity index (χ0v) is 32.1. The van der Waals surface area contributed by atoms with Crippen molar-refractivity contribution < 1.29 is 40.2 Å². The van der Waals surface area contributed by atoms with E-state index in [0.717, 1.165) is 33.6 Å². The van der Waals surface area contributed by atoms with Crippen molar-refractivity contribution in [2.24, 2.45) is 0 Å². The van der Waals surface area contributed by atoms with Crippen LogP contribution in [0, 0.1) is 39.8 Å². The van der Waals surface area contributed by atoms with Crippen molar-refractivity contribution in [1.82, 2.24) is 9.97 Å². The molecule has 2 heterocycles. The third kappa shape index (κ3) is 6.68. The molecule has 4 heteroatoms. The zero-order valence-electron chi connectivity index (χ0n) is 27.3. The Morgan fingerprint density at radius 1 is 0.396 bits per heavy atom. The van der Waals surface area contributed by atoms with E-state index < -0.39 is 0 Å². The molecule has 240 valence electrons. The van der Waals surface area contributed by atoms with Crippen LogP contribution < -0.4 is 0 Å². The van der Waals surface area contributed by atoms with Crippen LogP contribution in [0.1, 0.15) is 22.3 Å². The Morgan fingerprint density at radius 3 is 1.06 bits per heavy atom. The second-order valence-corrected chi connectivity index (χ2v) is 11.8. The fraction of sp³-hybridized carbons (Fsp3) is 0.0909. The molecule has 0 fully saturated rings. The summed E-state index contributed by atoms with van der Waals surface area (Å²) >= 11 is 0. The van der Waals surface area contributed by atoms with Gasteiger partial charge in [0.2, 0.25) is 0 Å². The Hall–Kier alpha value is -4.30. The van der Waals surface area contributed by atoms with E-state index in [9.17, 15) is 0 Å². The van der Waals surface area contributed by atoms with Gasteiger partial charge in [0.05, 0.1) is 0 Å². The predicted octanol–water partition coefficient (Wildman–Crippen LogP) is 11.3. The van der Waals surface area contributed by atoms with Crippen molar-refractivity contribution in [2.75, 3.05) is 0 Å². The Labute approximate surface area is 311 Å². The van der Waals surface area contributed by atoms with Gasteiger partial charge in [0.1, 0.15) is 0 Å². The maximum absolute atomic E-state index is 4.82. The molecule has 0 aliphatic heterocycles. The summed E-state index contributed by atoms with van der Waals surface area (Å²) in [7, 11) is 0. The van der Waals surface area contributed by atoms with E-state index in [4.69, 9.17) is 9.97 Å². The van der Waals surface area contributed by atoms with Crippen LogP contribution in [0.4, 0.5) is 0 Å². The number of benzene rings is 5. The van der Waals surface area contributed by atoms with Gasteiger partial charge in [0, 0.05) is 52.6 Å². The molecular formula is C44H34Ir2N2-2. The quantitative estimate of drug-likeness (QED) is 0.155. The number of hydrogen-bond donors (Lipinski definition) is 0. The Morgan fingerprint density at radius 2 is 0.750 bits per heavy atom. The smallest absolute Gasteiger partial charge is 0.0239 e. The number of rotatable bonds is 6. The maximum atomic E-state index is 4.82. The standard InChI is InChI=1S/C44H34N2.2Ir/c1-29-30(2)44(40-22-14-12-20-38(40)36-24-26-42(46-28-36)34-17-9-6-10-18-34)32(4)31(3)43(29)39-21-13-11-19-37(39)35-23-25-41(45-27-35)33-15-7-5-8-16-33;;/h5-15,17,19-28H,1-4H3;;/q-2;;. The SMILES string of the molecule is Cc1c(C)c(-c2ccccc2-c2ccc(-c3[c-]cccc3)nc2)c(C)c(C)c1-c1ccccc1-c1ccc(-c2[c-]cccc2)nc1.[Ir].[Ir]. The van der Waals surface area contributed by atoms with Gasteiger partial charge in [-0.25, -0.2) is 0 Å². The minimum Gasteiger partial charge on any atom is -0.304 e. The van der Waals surface area contributed by atoms with Gasteiger partial charge in [0.15, 0.2) is 0 Å². The maximum Gasteiger partial charge on any atom is 0.0239 e. The molecule has 0 saturated carbocycles. The number of hydrogen-bond acceptors (Lipinski definition) is 2. The first kappa shape index (κ1) is 35.0. The molecule has 5 aromatic carbocycles. The van der Waals surface area contributed by atoms with Crippen molar-refractivity contribution in [3.05, 3.63) is 168 Å². The van der Waals surface area contributed by atoms with Gasteiger partial charge in [-0.3, -0.25) is 0 Å². The van der Waals surface area contributed by atoms with Gasteiger partial charge >= 0.3 is 0 Å². The molecule has 0 atom stereocenters. The van der Waals surface area contributed by atoms with Gasteiger partial charge in [-0.15, -0.1) is 71.8 Å². The summed E-state index contributed by atoms with van der Waals surface area (Å²) in [6, 6.07) is 48.4. The summed E-state index contributed by atoms with van der Waals surface area (Å²) in [6.45, 7) is 9.05. The van der Waals surface area contributed by atoms with Crippen LogP contribution in [0.5, 0.6) is 0 Å². The van der Waals surface area contributed by atoms with E-state index in [1.165, 1.54) is 55.6 Å². The summed E-state index contributed by atoms with van der Waals surface area (Å²) in [6.07, 6.45) is 3.97. The van der Waals surface area contributed by atoms with Crippen LogP contribution in [-0.4, -0.2) is 9.97 Å². The molecule has 2 nitrogen and oxygen atoms in total. The van der Waals surface area contributed by atoms with Crippen molar-refractivity contribution in [3.8, 4) is 67.0 Å². The van der Waals surface area contributed by atoms with E-state index >= 15 is 0 Å². The number of nitrogens with zero attached hydrogens (tertiary/aromatic N) is 2. The average Bonchev–Trinajstić information content (AvgIpc) is 3.12. The summed E-state index contributed by atoms with van der Waals surface area (Å²) < 4.78 is 0. The van der Waals surface area contributed by atoms with E-state index in [2.05, 4.69) is 113 Å². The normalized spacial score (nSPS) is 10.6. The predicted molar refractivity (Wildman–Crippen MR) is 191 cm³/mol. The molecule has 0 saturated heterocycles. The molecule has 0 bridgehead atoms. The van der Waals surface area contributed by atoms with E-state index in [1.54, 1.807) is 0 Å². The third-order valence-corrected chi connectivity index (χ3v) is 9.14. The first-order valence-corrected chi connectivity index (χ1v) is 15.7. The fourth-order valence-corrected chi connectivity index (χ4v) is 6.56. The summed E-state index contributed by atoms with van der Waals surface area (Å²) in [5.41, 5.74) is 18.6. The molecular weight excluding hydrogens is 941 g/mol. The molecule has 0 aliphatic rings. The van der Waals surface area contributed by atoms with E-state index in [1.807, 2.05) is 60.9 Å². The first-order chi connectivity index (χ1) is 22.5. The largest absolute Gasteiger partial charge is 0.304 e. The third-order valence-electron chi connectivity index (χ3n) is 9.14. The molecule has 0 spiro atoms. The van der Waals surface area contributed by atoms with Crippen molar-refractivity contribution in [1.29, 1.82) is 0 Å². The Balaban J connectivity index is 0.00000225. The molecule has 0 N–H and O–H groups in total. The van der Waals surface area contributed by atoms with Crippen LogP contribution in [0.2, 0.25) is 0 Å². The van der Waals surface area contributed by atoms with Gasteiger partial charge < -0.3 is 9.97 Å². The van der Waals surface area contributed by atoms with Crippen LogP contribution in [0.25, 0.3) is 67.0 Å². The Kier molecular flexibility index (Phi) is 11.1. The van der Waals surface area contributed by atoms with Crippen molar-refractivity contribution in [3.63, 3.8) is 0 Å². The molecule has 2 radical (unpaired) electrons. The number of pyridine rings is 2. The first-order valence-electron chi connectivity index (χ1n) is 15.7. The van der Waals surface area contributed by atoms with Gasteiger partial charge in [-0.05, 0) is 106 Å². The molecule has 0 unspecified atom stereocenters. The van der Waals surface area contributed by atoms with Crippen molar-refractivity contribution in [2.45, 2.75) is 27.7 Å². The molecule has 2 aromatic heterocycles. The van der Waals surface area contributed by atoms with Crippen LogP contribution in [0.3, 0.4) is 0 Å². The molecule has 48 heavy (non-hydrogen) atoms. The zero-order chi connectivity index (χ0) is 31.6.